The summed E-state index contributed by atoms with van der Waals surface area (Å²) in [6, 6.07) is 20.2. The number of aryl methyl sites for hydroxylation is 1. The number of carbonyl (C=O) groups is 1. The van der Waals surface area contributed by atoms with Crippen LogP contribution in [0, 0.1) is 17.0 Å². The molecule has 0 aliphatic heterocycles. The summed E-state index contributed by atoms with van der Waals surface area (Å²) in [5.41, 5.74) is 2.35. The molecule has 0 spiro atoms. The fraction of sp³-hybridized carbons (Fsp3) is 0.0952. The van der Waals surface area contributed by atoms with Crippen LogP contribution in [-0.4, -0.2) is 10.9 Å². The van der Waals surface area contributed by atoms with E-state index in [9.17, 15) is 14.9 Å². The molecule has 6 heteroatoms. The maximum Gasteiger partial charge on any atom is 0.338 e. The Morgan fingerprint density at radius 1 is 0.963 bits per heavy atom. The molecule has 3 aromatic carbocycles. The monoisotopic (exact) mass is 363 g/mol. The van der Waals surface area contributed by atoms with Crippen LogP contribution in [0.5, 0.6) is 11.5 Å². The zero-order valence-electron chi connectivity index (χ0n) is 14.6. The van der Waals surface area contributed by atoms with Crippen molar-refractivity contribution in [2.45, 2.75) is 13.5 Å². The first-order valence-corrected chi connectivity index (χ1v) is 8.26. The minimum absolute atomic E-state index is 0.00752. The van der Waals surface area contributed by atoms with Crippen molar-refractivity contribution >= 4 is 11.7 Å². The minimum atomic E-state index is -0.462. The quantitative estimate of drug-likeness (QED) is 0.348. The lowest BCUT2D eigenvalue weighted by Gasteiger charge is -2.08. The Labute approximate surface area is 156 Å². The molecule has 27 heavy (non-hydrogen) atoms. The van der Waals surface area contributed by atoms with Crippen LogP contribution in [0.1, 0.15) is 21.5 Å². The minimum Gasteiger partial charge on any atom is -0.457 e. The second-order valence-corrected chi connectivity index (χ2v) is 5.94. The van der Waals surface area contributed by atoms with E-state index in [4.69, 9.17) is 9.47 Å². The summed E-state index contributed by atoms with van der Waals surface area (Å²) >= 11 is 0. The van der Waals surface area contributed by atoms with E-state index in [0.29, 0.717) is 17.1 Å². The van der Waals surface area contributed by atoms with Crippen molar-refractivity contribution in [1.82, 2.24) is 0 Å². The predicted molar refractivity (Wildman–Crippen MR) is 99.9 cm³/mol. The number of hydrogen-bond donors (Lipinski definition) is 0. The molecule has 0 aliphatic rings. The van der Waals surface area contributed by atoms with E-state index < -0.39 is 4.92 Å². The Hall–Kier alpha value is -3.67. The molecule has 6 nitrogen and oxygen atoms in total. The summed E-state index contributed by atoms with van der Waals surface area (Å²) in [6.45, 7) is 2.07. The molecular formula is C21H17NO5. The summed E-state index contributed by atoms with van der Waals surface area (Å²) in [6.07, 6.45) is 0. The number of nitrogens with zero attached hydrogens (tertiary/aromatic N) is 1. The van der Waals surface area contributed by atoms with Crippen molar-refractivity contribution in [3.05, 3.63) is 99.6 Å². The van der Waals surface area contributed by atoms with Gasteiger partial charge in [-0.05, 0) is 48.9 Å². The molecule has 0 heterocycles. The van der Waals surface area contributed by atoms with Gasteiger partial charge in [-0.2, -0.15) is 0 Å². The van der Waals surface area contributed by atoms with Crippen LogP contribution in [0.3, 0.4) is 0 Å². The topological polar surface area (TPSA) is 78.7 Å². The van der Waals surface area contributed by atoms with Gasteiger partial charge < -0.3 is 9.47 Å². The molecule has 136 valence electrons. The van der Waals surface area contributed by atoms with Crippen LogP contribution in [0.4, 0.5) is 5.69 Å². The maximum absolute atomic E-state index is 12.1. The summed E-state index contributed by atoms with van der Waals surface area (Å²) < 4.78 is 11.0. The average Bonchev–Trinajstić information content (AvgIpc) is 2.67. The third-order valence-corrected chi connectivity index (χ3v) is 3.83. The Morgan fingerprint density at radius 3 is 2.19 bits per heavy atom. The van der Waals surface area contributed by atoms with Crippen molar-refractivity contribution in [3.63, 3.8) is 0 Å². The Balaban J connectivity index is 1.57. The molecule has 0 fully saturated rings. The largest absolute Gasteiger partial charge is 0.457 e. The second-order valence-electron chi connectivity index (χ2n) is 5.94. The number of rotatable bonds is 6. The number of esters is 1. The number of non-ortho nitro benzene ring substituents is 1. The first-order chi connectivity index (χ1) is 13.0. The van der Waals surface area contributed by atoms with Gasteiger partial charge in [0.1, 0.15) is 18.1 Å². The standard InChI is InChI=1S/C21H17NO5/c1-15-3-2-4-17(13-15)21(23)26-14-16-5-9-19(10-6-16)27-20-11-7-18(8-12-20)22(24)25/h2-13H,14H2,1H3. The van der Waals surface area contributed by atoms with Gasteiger partial charge in [-0.25, -0.2) is 4.79 Å². The molecule has 0 unspecified atom stereocenters. The summed E-state index contributed by atoms with van der Waals surface area (Å²) in [7, 11) is 0. The van der Waals surface area contributed by atoms with Gasteiger partial charge in [-0.1, -0.05) is 29.8 Å². The smallest absolute Gasteiger partial charge is 0.338 e. The number of nitro groups is 1. The molecule has 0 aliphatic carbocycles. The van der Waals surface area contributed by atoms with E-state index in [1.165, 1.54) is 24.3 Å². The second kappa shape index (κ2) is 8.14. The highest BCUT2D eigenvalue weighted by Gasteiger charge is 2.08. The summed E-state index contributed by atoms with van der Waals surface area (Å²) in [4.78, 5) is 22.3. The third-order valence-electron chi connectivity index (χ3n) is 3.83. The van der Waals surface area contributed by atoms with Crippen LogP contribution in [0.2, 0.25) is 0 Å². The highest BCUT2D eigenvalue weighted by Crippen LogP contribution is 2.24. The molecular weight excluding hydrogens is 346 g/mol. The summed E-state index contributed by atoms with van der Waals surface area (Å²) in [5.74, 6) is 0.710. The molecule has 3 rings (SSSR count). The molecule has 0 saturated carbocycles. The van der Waals surface area contributed by atoms with E-state index in [1.54, 1.807) is 36.4 Å². The molecule has 3 aromatic rings. The number of nitro benzene ring substituents is 1. The van der Waals surface area contributed by atoms with Gasteiger partial charge in [0.05, 0.1) is 10.5 Å². The van der Waals surface area contributed by atoms with Crippen molar-refractivity contribution in [2.75, 3.05) is 0 Å². The SMILES string of the molecule is Cc1cccc(C(=O)OCc2ccc(Oc3ccc([N+](=O)[O-])cc3)cc2)c1. The van der Waals surface area contributed by atoms with Crippen molar-refractivity contribution in [1.29, 1.82) is 0 Å². The van der Waals surface area contributed by atoms with Gasteiger partial charge in [0.15, 0.2) is 0 Å². The number of benzene rings is 3. The van der Waals surface area contributed by atoms with E-state index in [0.717, 1.165) is 11.1 Å². The number of carbonyl (C=O) groups excluding carboxylic acids is 1. The molecule has 0 aromatic heterocycles. The van der Waals surface area contributed by atoms with Crippen LogP contribution in [-0.2, 0) is 11.3 Å². The van der Waals surface area contributed by atoms with Gasteiger partial charge in [-0.3, -0.25) is 10.1 Å². The molecule has 0 N–H and O–H groups in total. The first kappa shape index (κ1) is 18.1. The van der Waals surface area contributed by atoms with Gasteiger partial charge in [0.2, 0.25) is 0 Å². The van der Waals surface area contributed by atoms with E-state index in [1.807, 2.05) is 19.1 Å². The maximum atomic E-state index is 12.1. The zero-order valence-corrected chi connectivity index (χ0v) is 14.6. The van der Waals surface area contributed by atoms with E-state index >= 15 is 0 Å². The fourth-order valence-corrected chi connectivity index (χ4v) is 2.43. The first-order valence-electron chi connectivity index (χ1n) is 8.26. The Bertz CT molecular complexity index is 949. The lowest BCUT2D eigenvalue weighted by Crippen LogP contribution is -2.05. The number of hydrogen-bond acceptors (Lipinski definition) is 5. The van der Waals surface area contributed by atoms with Crippen LogP contribution < -0.4 is 4.74 Å². The molecule has 0 bridgehead atoms. The van der Waals surface area contributed by atoms with Gasteiger partial charge in [0.25, 0.3) is 5.69 Å². The van der Waals surface area contributed by atoms with Crippen molar-refractivity contribution in [3.8, 4) is 11.5 Å². The molecule has 0 radical (unpaired) electrons. The zero-order chi connectivity index (χ0) is 19.2. The van der Waals surface area contributed by atoms with Crippen LogP contribution in [0.25, 0.3) is 0 Å². The lowest BCUT2D eigenvalue weighted by molar-refractivity contribution is -0.384. The lowest BCUT2D eigenvalue weighted by atomic mass is 10.1. The Kier molecular flexibility index (Phi) is 5.47. The van der Waals surface area contributed by atoms with Gasteiger partial charge >= 0.3 is 5.97 Å². The van der Waals surface area contributed by atoms with Gasteiger partial charge in [-0.15, -0.1) is 0 Å². The third kappa shape index (κ3) is 4.92. The predicted octanol–water partition coefficient (Wildman–Crippen LogP) is 5.05. The van der Waals surface area contributed by atoms with E-state index in [-0.39, 0.29) is 18.3 Å². The normalized spacial score (nSPS) is 10.3. The van der Waals surface area contributed by atoms with Crippen molar-refractivity contribution < 1.29 is 19.2 Å². The Morgan fingerprint density at radius 2 is 1.59 bits per heavy atom. The fourth-order valence-electron chi connectivity index (χ4n) is 2.43. The van der Waals surface area contributed by atoms with Crippen molar-refractivity contribution in [2.24, 2.45) is 0 Å². The molecule has 0 saturated heterocycles. The number of ether oxygens (including phenoxy) is 2. The van der Waals surface area contributed by atoms with Crippen LogP contribution in [0.15, 0.2) is 72.8 Å². The van der Waals surface area contributed by atoms with E-state index in [2.05, 4.69) is 0 Å². The molecule has 0 amide bonds. The van der Waals surface area contributed by atoms with Gasteiger partial charge in [0, 0.05) is 12.1 Å². The highest BCUT2D eigenvalue weighted by atomic mass is 16.6. The summed E-state index contributed by atoms with van der Waals surface area (Å²) in [5, 5.41) is 10.7. The average molecular weight is 363 g/mol. The van der Waals surface area contributed by atoms with Crippen LogP contribution >= 0.6 is 0 Å². The highest BCUT2D eigenvalue weighted by molar-refractivity contribution is 5.89. The molecule has 0 atom stereocenters.